The summed E-state index contributed by atoms with van der Waals surface area (Å²) in [5.74, 6) is 2.39. The summed E-state index contributed by atoms with van der Waals surface area (Å²) in [7, 11) is 0.00847. The van der Waals surface area contributed by atoms with Crippen LogP contribution in [0.3, 0.4) is 0 Å². The normalized spacial score (nSPS) is 11.8. The van der Waals surface area contributed by atoms with Gasteiger partial charge in [0, 0.05) is 16.9 Å². The van der Waals surface area contributed by atoms with Gasteiger partial charge in [-0.15, -0.1) is 0 Å². The third-order valence-electron chi connectivity index (χ3n) is 4.98. The van der Waals surface area contributed by atoms with Gasteiger partial charge in [-0.05, 0) is 68.5 Å². The van der Waals surface area contributed by atoms with Crippen LogP contribution in [0.25, 0.3) is 0 Å². The first-order valence-corrected chi connectivity index (χ1v) is 12.2. The maximum atomic E-state index is 13.3. The van der Waals surface area contributed by atoms with Gasteiger partial charge in [-0.3, -0.25) is 4.79 Å². The fourth-order valence-corrected chi connectivity index (χ4v) is 4.47. The Hall–Kier alpha value is -1.26. The molecule has 0 N–H and O–H groups in total. The number of hydrogen-bond donors (Lipinski definition) is 0. The molecular formula is C27H40LiO3P. The maximum absolute atomic E-state index is 13.3. The van der Waals surface area contributed by atoms with Crippen molar-refractivity contribution >= 4 is 38.3 Å². The number of benzene rings is 2. The fourth-order valence-electron chi connectivity index (χ4n) is 3.27. The second kappa shape index (κ2) is 12.3. The molecule has 3 nitrogen and oxygen atoms in total. The zero-order chi connectivity index (χ0) is 23.3. The van der Waals surface area contributed by atoms with Crippen molar-refractivity contribution in [3.05, 3.63) is 52.6 Å². The Bertz CT molecular complexity index is 891. The van der Waals surface area contributed by atoms with E-state index >= 15 is 0 Å². The molecule has 1 unspecified atom stereocenters. The summed E-state index contributed by atoms with van der Waals surface area (Å²) < 4.78 is 12.0. The Morgan fingerprint density at radius 2 is 1.44 bits per heavy atom. The van der Waals surface area contributed by atoms with Crippen molar-refractivity contribution in [3.8, 4) is 11.5 Å². The van der Waals surface area contributed by atoms with E-state index in [-0.39, 0.29) is 38.4 Å². The zero-order valence-electron chi connectivity index (χ0n) is 20.7. The van der Waals surface area contributed by atoms with Gasteiger partial charge in [-0.2, -0.15) is 0 Å². The monoisotopic (exact) mass is 450 g/mol. The number of rotatable bonds is 9. The molecule has 0 saturated heterocycles. The van der Waals surface area contributed by atoms with Gasteiger partial charge in [0.2, 0.25) is 0 Å². The molecule has 2 rings (SSSR count). The predicted octanol–water partition coefficient (Wildman–Crippen LogP) is 6.17. The standard InChI is InChI=1S/C27H39O3P.Li.H/c1-17(2)15-29-22-10-11-24(23(14-22)30-16-18(3)4)31-26(28)25-19(5)12-21(13-20(25)6)27(7,8)9;;/h10-14,17-18,31H,15-16H2,1-9H3;;. The van der Waals surface area contributed by atoms with Crippen LogP contribution in [-0.2, 0) is 5.41 Å². The average molecular weight is 451 g/mol. The van der Waals surface area contributed by atoms with Gasteiger partial charge in [0.05, 0.1) is 13.2 Å². The summed E-state index contributed by atoms with van der Waals surface area (Å²) in [6.07, 6.45) is 0. The molecule has 0 bridgehead atoms. The molecule has 0 heterocycles. The Kier molecular flexibility index (Phi) is 11.0. The number of carbonyl (C=O) groups is 1. The molecule has 0 saturated carbocycles. The van der Waals surface area contributed by atoms with Crippen molar-refractivity contribution < 1.29 is 14.3 Å². The Morgan fingerprint density at radius 3 is 1.94 bits per heavy atom. The molecule has 172 valence electrons. The van der Waals surface area contributed by atoms with Gasteiger partial charge in [0.15, 0.2) is 5.52 Å². The topological polar surface area (TPSA) is 35.5 Å². The summed E-state index contributed by atoms with van der Waals surface area (Å²) in [5.41, 5.74) is 4.40. The quantitative estimate of drug-likeness (QED) is 0.339. The number of aryl methyl sites for hydroxylation is 2. The molecule has 1 atom stereocenters. The van der Waals surface area contributed by atoms with Crippen LogP contribution in [0.2, 0.25) is 0 Å². The summed E-state index contributed by atoms with van der Waals surface area (Å²) >= 11 is 0. The van der Waals surface area contributed by atoms with E-state index in [4.69, 9.17) is 9.47 Å². The molecule has 2 aromatic carbocycles. The number of hydrogen-bond acceptors (Lipinski definition) is 3. The van der Waals surface area contributed by atoms with Gasteiger partial charge in [-0.1, -0.05) is 60.6 Å². The molecule has 0 aliphatic heterocycles. The first kappa shape index (κ1) is 28.8. The van der Waals surface area contributed by atoms with E-state index < -0.39 is 0 Å². The second-order valence-electron chi connectivity index (χ2n) is 10.3. The van der Waals surface area contributed by atoms with Crippen LogP contribution in [0, 0.1) is 25.7 Å². The van der Waals surface area contributed by atoms with Crippen molar-refractivity contribution in [1.29, 1.82) is 0 Å². The fraction of sp³-hybridized carbons (Fsp3) is 0.519. The number of carbonyl (C=O) groups excluding carboxylic acids is 1. The molecule has 0 fully saturated rings. The Morgan fingerprint density at radius 1 is 0.906 bits per heavy atom. The van der Waals surface area contributed by atoms with Crippen LogP contribution in [0.1, 0.15) is 75.5 Å². The van der Waals surface area contributed by atoms with Crippen LogP contribution in [0.4, 0.5) is 0 Å². The van der Waals surface area contributed by atoms with E-state index in [0.717, 1.165) is 33.5 Å². The van der Waals surface area contributed by atoms with E-state index in [1.807, 2.05) is 32.0 Å². The van der Waals surface area contributed by atoms with Crippen LogP contribution >= 0.6 is 8.58 Å². The van der Waals surface area contributed by atoms with Crippen molar-refractivity contribution in [2.45, 2.75) is 67.7 Å². The number of ether oxygens (including phenoxy) is 2. The van der Waals surface area contributed by atoms with Gasteiger partial charge < -0.3 is 9.47 Å². The summed E-state index contributed by atoms with van der Waals surface area (Å²) in [5, 5.41) is 0.932. The van der Waals surface area contributed by atoms with E-state index in [1.165, 1.54) is 5.56 Å². The van der Waals surface area contributed by atoms with E-state index in [0.29, 0.717) is 25.0 Å². The summed E-state index contributed by atoms with van der Waals surface area (Å²) in [6, 6.07) is 10.2. The van der Waals surface area contributed by atoms with Gasteiger partial charge in [0.25, 0.3) is 0 Å². The van der Waals surface area contributed by atoms with Gasteiger partial charge in [-0.25, -0.2) is 0 Å². The molecule has 32 heavy (non-hydrogen) atoms. The minimum atomic E-state index is 0. The molecule has 0 amide bonds. The van der Waals surface area contributed by atoms with Crippen molar-refractivity contribution in [2.75, 3.05) is 13.2 Å². The third kappa shape index (κ3) is 8.26. The van der Waals surface area contributed by atoms with Crippen molar-refractivity contribution in [3.63, 3.8) is 0 Å². The van der Waals surface area contributed by atoms with Crippen LogP contribution in [0.15, 0.2) is 30.3 Å². The van der Waals surface area contributed by atoms with Crippen LogP contribution in [-0.4, -0.2) is 37.6 Å². The van der Waals surface area contributed by atoms with Crippen molar-refractivity contribution in [2.24, 2.45) is 11.8 Å². The van der Waals surface area contributed by atoms with Crippen molar-refractivity contribution in [1.82, 2.24) is 0 Å². The molecule has 0 radical (unpaired) electrons. The van der Waals surface area contributed by atoms with Gasteiger partial charge in [0.1, 0.15) is 11.5 Å². The summed E-state index contributed by atoms with van der Waals surface area (Å²) in [4.78, 5) is 13.3. The molecular weight excluding hydrogens is 410 g/mol. The first-order valence-electron chi connectivity index (χ1n) is 11.2. The molecule has 0 spiro atoms. The summed E-state index contributed by atoms with van der Waals surface area (Å²) in [6.45, 7) is 20.4. The zero-order valence-corrected chi connectivity index (χ0v) is 21.7. The SMILES string of the molecule is Cc1cc(C(C)(C)C)cc(C)c1C(=O)Pc1ccc(OCC(C)C)cc1OCC(C)C.[LiH]. The van der Waals surface area contributed by atoms with Gasteiger partial charge >= 0.3 is 18.9 Å². The molecule has 5 heteroatoms. The Labute approximate surface area is 209 Å². The van der Waals surface area contributed by atoms with E-state index in [2.05, 4.69) is 60.6 Å². The molecule has 0 aliphatic rings. The Balaban J connectivity index is 0.00000512. The van der Waals surface area contributed by atoms with E-state index in [9.17, 15) is 4.79 Å². The third-order valence-corrected chi connectivity index (χ3v) is 6.14. The molecule has 2 aromatic rings. The first-order chi connectivity index (χ1) is 14.4. The van der Waals surface area contributed by atoms with Crippen LogP contribution < -0.4 is 14.8 Å². The molecule has 0 aliphatic carbocycles. The second-order valence-corrected chi connectivity index (χ2v) is 11.5. The average Bonchev–Trinajstić information content (AvgIpc) is 2.64. The minimum absolute atomic E-state index is 0. The predicted molar refractivity (Wildman–Crippen MR) is 141 cm³/mol. The molecule has 0 aromatic heterocycles. The van der Waals surface area contributed by atoms with Crippen LogP contribution in [0.5, 0.6) is 11.5 Å². The van der Waals surface area contributed by atoms with E-state index in [1.54, 1.807) is 0 Å².